The molecule has 2 rings (SSSR count). The summed E-state index contributed by atoms with van der Waals surface area (Å²) in [6, 6.07) is 2.03. The minimum atomic E-state index is -0.673. The number of rotatable bonds is 6. The van der Waals surface area contributed by atoms with Crippen molar-refractivity contribution < 1.29 is 14.3 Å². The zero-order chi connectivity index (χ0) is 14.6. The Balaban J connectivity index is 2.15. The summed E-state index contributed by atoms with van der Waals surface area (Å²) in [5, 5.41) is 4.49. The summed E-state index contributed by atoms with van der Waals surface area (Å²) in [5.41, 5.74) is 1.35. The molecule has 5 heteroatoms. The van der Waals surface area contributed by atoms with Crippen molar-refractivity contribution in [2.45, 2.75) is 51.7 Å². The normalized spacial score (nSPS) is 18.1. The number of carbonyl (C=O) groups is 1. The second kappa shape index (κ2) is 6.50. The van der Waals surface area contributed by atoms with E-state index in [2.05, 4.69) is 12.0 Å². The zero-order valence-corrected chi connectivity index (χ0v) is 12.6. The van der Waals surface area contributed by atoms with Crippen LogP contribution in [0.3, 0.4) is 0 Å². The second-order valence-electron chi connectivity index (χ2n) is 5.21. The van der Waals surface area contributed by atoms with Gasteiger partial charge in [0, 0.05) is 45.4 Å². The molecular formula is C15H24N2O3. The summed E-state index contributed by atoms with van der Waals surface area (Å²) in [6.07, 6.45) is 2.55. The Bertz CT molecular complexity index is 462. The van der Waals surface area contributed by atoms with Gasteiger partial charge in [0.15, 0.2) is 5.78 Å². The Labute approximate surface area is 120 Å². The molecule has 0 amide bonds. The molecule has 0 radical (unpaired) electrons. The van der Waals surface area contributed by atoms with Crippen LogP contribution in [0.4, 0.5) is 0 Å². The number of nitrogens with zero attached hydrogens (tertiary/aromatic N) is 2. The van der Waals surface area contributed by atoms with E-state index in [0.29, 0.717) is 32.5 Å². The van der Waals surface area contributed by atoms with Crippen LogP contribution in [-0.2, 0) is 33.7 Å². The van der Waals surface area contributed by atoms with Gasteiger partial charge in [-0.25, -0.2) is 0 Å². The van der Waals surface area contributed by atoms with Crippen LogP contribution in [0.25, 0.3) is 0 Å². The number of hydrogen-bond acceptors (Lipinski definition) is 4. The number of methoxy groups -OCH3 is 1. The van der Waals surface area contributed by atoms with E-state index in [0.717, 1.165) is 24.4 Å². The fourth-order valence-corrected chi connectivity index (χ4v) is 2.73. The SMILES string of the molecule is CCc1cc(CC(=O)C2(OC)CCOCC2)n(CC)n1. The van der Waals surface area contributed by atoms with E-state index in [1.807, 2.05) is 17.7 Å². The zero-order valence-electron chi connectivity index (χ0n) is 12.6. The van der Waals surface area contributed by atoms with Gasteiger partial charge in [-0.2, -0.15) is 5.10 Å². The van der Waals surface area contributed by atoms with Crippen molar-refractivity contribution >= 4 is 5.78 Å². The van der Waals surface area contributed by atoms with Gasteiger partial charge in [0.25, 0.3) is 0 Å². The average Bonchev–Trinajstić information content (AvgIpc) is 2.90. The maximum atomic E-state index is 12.7. The van der Waals surface area contributed by atoms with Gasteiger partial charge in [-0.05, 0) is 19.4 Å². The maximum Gasteiger partial charge on any atom is 0.170 e. The summed E-state index contributed by atoms with van der Waals surface area (Å²) in [4.78, 5) is 12.7. The van der Waals surface area contributed by atoms with Gasteiger partial charge in [-0.1, -0.05) is 6.92 Å². The van der Waals surface area contributed by atoms with E-state index in [1.165, 1.54) is 0 Å². The van der Waals surface area contributed by atoms with E-state index < -0.39 is 5.60 Å². The van der Waals surface area contributed by atoms with Crippen LogP contribution in [0.5, 0.6) is 0 Å². The highest BCUT2D eigenvalue weighted by molar-refractivity contribution is 5.89. The van der Waals surface area contributed by atoms with Crippen molar-refractivity contribution in [3.05, 3.63) is 17.5 Å². The number of hydrogen-bond donors (Lipinski definition) is 0. The molecular weight excluding hydrogens is 256 g/mol. The van der Waals surface area contributed by atoms with Crippen LogP contribution in [0.2, 0.25) is 0 Å². The van der Waals surface area contributed by atoms with Crippen molar-refractivity contribution in [1.29, 1.82) is 0 Å². The van der Waals surface area contributed by atoms with Crippen molar-refractivity contribution in [1.82, 2.24) is 9.78 Å². The van der Waals surface area contributed by atoms with Crippen molar-refractivity contribution in [2.24, 2.45) is 0 Å². The van der Waals surface area contributed by atoms with Crippen LogP contribution in [0.15, 0.2) is 6.07 Å². The van der Waals surface area contributed by atoms with Crippen LogP contribution in [0.1, 0.15) is 38.1 Å². The van der Waals surface area contributed by atoms with Gasteiger partial charge in [0.1, 0.15) is 5.60 Å². The van der Waals surface area contributed by atoms with Crippen molar-refractivity contribution in [2.75, 3.05) is 20.3 Å². The average molecular weight is 280 g/mol. The fourth-order valence-electron chi connectivity index (χ4n) is 2.73. The minimum Gasteiger partial charge on any atom is -0.381 e. The largest absolute Gasteiger partial charge is 0.381 e. The van der Waals surface area contributed by atoms with E-state index in [9.17, 15) is 4.79 Å². The molecule has 1 aromatic rings. The van der Waals surface area contributed by atoms with Gasteiger partial charge in [0.05, 0.1) is 12.1 Å². The molecule has 1 aliphatic rings. The second-order valence-corrected chi connectivity index (χ2v) is 5.21. The monoisotopic (exact) mass is 280 g/mol. The standard InChI is InChI=1S/C15H24N2O3/c1-4-12-10-13(17(5-2)16-12)11-14(18)15(19-3)6-8-20-9-7-15/h10H,4-9,11H2,1-3H3. The molecule has 0 spiro atoms. The fraction of sp³-hybridized carbons (Fsp3) is 0.733. The molecule has 2 heterocycles. The number of carbonyl (C=O) groups excluding carboxylic acids is 1. The minimum absolute atomic E-state index is 0.139. The molecule has 0 N–H and O–H groups in total. The van der Waals surface area contributed by atoms with E-state index >= 15 is 0 Å². The van der Waals surface area contributed by atoms with Crippen LogP contribution >= 0.6 is 0 Å². The lowest BCUT2D eigenvalue weighted by molar-refractivity contribution is -0.152. The molecule has 1 saturated heterocycles. The molecule has 1 aliphatic heterocycles. The number of ether oxygens (including phenoxy) is 2. The van der Waals surface area contributed by atoms with Gasteiger partial charge >= 0.3 is 0 Å². The summed E-state index contributed by atoms with van der Waals surface area (Å²) < 4.78 is 12.8. The quantitative estimate of drug-likeness (QED) is 0.797. The molecule has 5 nitrogen and oxygen atoms in total. The van der Waals surface area contributed by atoms with Crippen LogP contribution < -0.4 is 0 Å². The van der Waals surface area contributed by atoms with Crippen molar-refractivity contribution in [3.63, 3.8) is 0 Å². The third-order valence-electron chi connectivity index (χ3n) is 4.12. The topological polar surface area (TPSA) is 53.4 Å². The molecule has 0 aromatic carbocycles. The highest BCUT2D eigenvalue weighted by atomic mass is 16.5. The Morgan fingerprint density at radius 2 is 2.15 bits per heavy atom. The van der Waals surface area contributed by atoms with E-state index in [-0.39, 0.29) is 5.78 Å². The number of ketones is 1. The smallest absolute Gasteiger partial charge is 0.170 e. The molecule has 20 heavy (non-hydrogen) atoms. The molecule has 112 valence electrons. The number of aromatic nitrogens is 2. The van der Waals surface area contributed by atoms with Gasteiger partial charge in [0.2, 0.25) is 0 Å². The summed E-state index contributed by atoms with van der Waals surface area (Å²) in [6.45, 7) is 6.08. The lowest BCUT2D eigenvalue weighted by Crippen LogP contribution is -2.46. The Kier molecular flexibility index (Phi) is 4.94. The first-order valence-electron chi connectivity index (χ1n) is 7.37. The summed E-state index contributed by atoms with van der Waals surface area (Å²) in [7, 11) is 1.62. The Hall–Kier alpha value is -1.20. The summed E-state index contributed by atoms with van der Waals surface area (Å²) in [5.74, 6) is 0.139. The third-order valence-corrected chi connectivity index (χ3v) is 4.12. The molecule has 1 fully saturated rings. The third kappa shape index (κ3) is 2.94. The molecule has 0 atom stereocenters. The van der Waals surface area contributed by atoms with Gasteiger partial charge in [-0.15, -0.1) is 0 Å². The van der Waals surface area contributed by atoms with Crippen molar-refractivity contribution in [3.8, 4) is 0 Å². The van der Waals surface area contributed by atoms with E-state index in [1.54, 1.807) is 7.11 Å². The number of Topliss-reactive ketones (excluding diaryl/α,β-unsaturated/α-hetero) is 1. The first kappa shape index (κ1) is 15.2. The molecule has 1 aromatic heterocycles. The van der Waals surface area contributed by atoms with Crippen LogP contribution in [-0.4, -0.2) is 41.5 Å². The Morgan fingerprint density at radius 1 is 1.45 bits per heavy atom. The lowest BCUT2D eigenvalue weighted by atomic mass is 9.87. The first-order valence-corrected chi connectivity index (χ1v) is 7.37. The summed E-state index contributed by atoms with van der Waals surface area (Å²) >= 11 is 0. The molecule has 0 aliphatic carbocycles. The molecule has 0 bridgehead atoms. The molecule has 0 saturated carbocycles. The lowest BCUT2D eigenvalue weighted by Gasteiger charge is -2.34. The first-order chi connectivity index (χ1) is 9.65. The number of aryl methyl sites for hydroxylation is 2. The van der Waals surface area contributed by atoms with E-state index in [4.69, 9.17) is 9.47 Å². The Morgan fingerprint density at radius 3 is 2.70 bits per heavy atom. The maximum absolute atomic E-state index is 12.7. The predicted molar refractivity (Wildman–Crippen MR) is 75.8 cm³/mol. The highest BCUT2D eigenvalue weighted by Gasteiger charge is 2.40. The van der Waals surface area contributed by atoms with Gasteiger partial charge in [-0.3, -0.25) is 9.48 Å². The van der Waals surface area contributed by atoms with Gasteiger partial charge < -0.3 is 9.47 Å². The predicted octanol–water partition coefficient (Wildman–Crippen LogP) is 1.77. The highest BCUT2D eigenvalue weighted by Crippen LogP contribution is 2.27. The molecule has 0 unspecified atom stereocenters. The van der Waals surface area contributed by atoms with Crippen LogP contribution in [0, 0.1) is 0 Å².